The smallest absolute Gasteiger partial charge is 0.147 e. The summed E-state index contributed by atoms with van der Waals surface area (Å²) in [6.45, 7) is 2.64. The van der Waals surface area contributed by atoms with Gasteiger partial charge in [0.2, 0.25) is 0 Å². The number of hydrogen-bond acceptors (Lipinski definition) is 3. The van der Waals surface area contributed by atoms with Crippen LogP contribution < -0.4 is 4.90 Å². The molecule has 0 N–H and O–H groups in total. The Morgan fingerprint density at radius 2 is 1.91 bits per heavy atom. The highest BCUT2D eigenvalue weighted by atomic mass is 35.5. The summed E-state index contributed by atoms with van der Waals surface area (Å²) < 4.78 is 19.6. The van der Waals surface area contributed by atoms with Crippen LogP contribution >= 0.6 is 23.2 Å². The van der Waals surface area contributed by atoms with Gasteiger partial charge in [-0.1, -0.05) is 35.3 Å². The van der Waals surface area contributed by atoms with E-state index in [1.165, 1.54) is 6.07 Å². The largest absolute Gasteiger partial charge is 0.378 e. The molecule has 2 aromatic carbocycles. The Balaban J connectivity index is 1.80. The van der Waals surface area contributed by atoms with Crippen LogP contribution in [0.15, 0.2) is 41.4 Å². The van der Waals surface area contributed by atoms with Crippen LogP contribution in [0.5, 0.6) is 0 Å². The lowest BCUT2D eigenvalue weighted by Gasteiger charge is -2.29. The van der Waals surface area contributed by atoms with Crippen LogP contribution in [-0.4, -0.2) is 32.5 Å². The third kappa shape index (κ3) is 3.83. The molecule has 1 aliphatic heterocycles. The van der Waals surface area contributed by atoms with Crippen molar-refractivity contribution in [2.75, 3.05) is 31.2 Å². The summed E-state index contributed by atoms with van der Waals surface area (Å²) in [6.07, 6.45) is 1.57. The van der Waals surface area contributed by atoms with Crippen LogP contribution in [0.3, 0.4) is 0 Å². The van der Waals surface area contributed by atoms with E-state index in [0.717, 1.165) is 0 Å². The van der Waals surface area contributed by atoms with E-state index in [-0.39, 0.29) is 5.82 Å². The summed E-state index contributed by atoms with van der Waals surface area (Å²) in [4.78, 5) is 6.26. The van der Waals surface area contributed by atoms with Crippen molar-refractivity contribution in [1.29, 1.82) is 0 Å². The van der Waals surface area contributed by atoms with E-state index in [1.54, 1.807) is 30.5 Å². The maximum Gasteiger partial charge on any atom is 0.147 e. The highest BCUT2D eigenvalue weighted by molar-refractivity contribution is 6.43. The molecular weight excluding hydrogens is 338 g/mol. The fourth-order valence-electron chi connectivity index (χ4n) is 2.40. The minimum atomic E-state index is -0.270. The molecule has 0 bridgehead atoms. The van der Waals surface area contributed by atoms with Crippen molar-refractivity contribution >= 4 is 40.8 Å². The van der Waals surface area contributed by atoms with Gasteiger partial charge in [0.05, 0.1) is 34.6 Å². The monoisotopic (exact) mass is 352 g/mol. The first-order valence-corrected chi connectivity index (χ1v) is 8.01. The molecule has 0 radical (unpaired) electrons. The van der Waals surface area contributed by atoms with E-state index in [4.69, 9.17) is 27.9 Å². The summed E-state index contributed by atoms with van der Waals surface area (Å²) in [5, 5.41) is 0.825. The molecule has 0 saturated carbocycles. The molecule has 0 amide bonds. The number of anilines is 1. The predicted molar refractivity (Wildman–Crippen MR) is 93.1 cm³/mol. The van der Waals surface area contributed by atoms with E-state index in [9.17, 15) is 4.39 Å². The van der Waals surface area contributed by atoms with Crippen LogP contribution in [0.1, 0.15) is 5.56 Å². The van der Waals surface area contributed by atoms with Gasteiger partial charge in [-0.05, 0) is 29.8 Å². The van der Waals surface area contributed by atoms with Crippen molar-refractivity contribution in [3.8, 4) is 0 Å². The molecule has 120 valence electrons. The quantitative estimate of drug-likeness (QED) is 0.746. The lowest BCUT2D eigenvalue weighted by molar-refractivity contribution is 0.122. The van der Waals surface area contributed by atoms with Crippen LogP contribution in [0.4, 0.5) is 15.8 Å². The molecule has 1 heterocycles. The molecule has 0 aliphatic carbocycles. The molecule has 23 heavy (non-hydrogen) atoms. The molecule has 0 spiro atoms. The van der Waals surface area contributed by atoms with Gasteiger partial charge in [0.25, 0.3) is 0 Å². The summed E-state index contributed by atoms with van der Waals surface area (Å²) >= 11 is 12.0. The van der Waals surface area contributed by atoms with Gasteiger partial charge in [0, 0.05) is 19.3 Å². The van der Waals surface area contributed by atoms with Gasteiger partial charge in [-0.3, -0.25) is 4.99 Å². The van der Waals surface area contributed by atoms with Gasteiger partial charge >= 0.3 is 0 Å². The Bertz CT molecular complexity index is 731. The standard InChI is InChI=1S/C17H15Cl2FN2O/c18-13-2-1-3-15(17(13)19)21-11-12-4-5-16(14(20)10-12)22-6-8-23-9-7-22/h1-5,10-11H,6-9H2. The molecule has 0 aromatic heterocycles. The zero-order valence-electron chi connectivity index (χ0n) is 12.3. The summed E-state index contributed by atoms with van der Waals surface area (Å²) in [5.41, 5.74) is 1.80. The van der Waals surface area contributed by atoms with E-state index in [1.807, 2.05) is 11.0 Å². The van der Waals surface area contributed by atoms with Crippen LogP contribution in [0.25, 0.3) is 0 Å². The van der Waals surface area contributed by atoms with Gasteiger partial charge < -0.3 is 9.64 Å². The third-order valence-corrected chi connectivity index (χ3v) is 4.42. The number of hydrogen-bond donors (Lipinski definition) is 0. The van der Waals surface area contributed by atoms with E-state index in [0.29, 0.717) is 53.3 Å². The van der Waals surface area contributed by atoms with Crippen molar-refractivity contribution in [2.24, 2.45) is 4.99 Å². The second-order valence-electron chi connectivity index (χ2n) is 5.14. The lowest BCUT2D eigenvalue weighted by atomic mass is 10.2. The van der Waals surface area contributed by atoms with Crippen LogP contribution in [-0.2, 0) is 4.74 Å². The fourth-order valence-corrected chi connectivity index (χ4v) is 2.74. The molecule has 1 aliphatic rings. The van der Waals surface area contributed by atoms with Crippen molar-refractivity contribution in [3.05, 3.63) is 57.8 Å². The Kier molecular flexibility index (Phi) is 5.16. The first kappa shape index (κ1) is 16.2. The minimum absolute atomic E-state index is 0.270. The molecule has 3 nitrogen and oxygen atoms in total. The Morgan fingerprint density at radius 3 is 2.65 bits per heavy atom. The normalized spacial score (nSPS) is 15.3. The van der Waals surface area contributed by atoms with Gasteiger partial charge in [0.15, 0.2) is 0 Å². The van der Waals surface area contributed by atoms with Gasteiger partial charge in [0.1, 0.15) is 5.82 Å². The number of morpholine rings is 1. The number of aliphatic imine (C=N–C) groups is 1. The minimum Gasteiger partial charge on any atom is -0.378 e. The SMILES string of the molecule is Fc1cc(C=Nc2cccc(Cl)c2Cl)ccc1N1CCOCC1. The Labute approximate surface area is 144 Å². The Morgan fingerprint density at radius 1 is 1.13 bits per heavy atom. The van der Waals surface area contributed by atoms with E-state index < -0.39 is 0 Å². The molecule has 2 aromatic rings. The summed E-state index contributed by atoms with van der Waals surface area (Å²) in [6, 6.07) is 10.3. The Hall–Kier alpha value is -1.62. The number of halogens is 3. The maximum atomic E-state index is 14.3. The highest BCUT2D eigenvalue weighted by Gasteiger charge is 2.15. The summed E-state index contributed by atoms with van der Waals surface area (Å²) in [5.74, 6) is -0.270. The third-order valence-electron chi connectivity index (χ3n) is 3.61. The van der Waals surface area contributed by atoms with Gasteiger partial charge in [-0.15, -0.1) is 0 Å². The second kappa shape index (κ2) is 7.30. The maximum absolute atomic E-state index is 14.3. The van der Waals surface area contributed by atoms with E-state index >= 15 is 0 Å². The predicted octanol–water partition coefficient (Wildman–Crippen LogP) is 4.72. The molecular formula is C17H15Cl2FN2O. The van der Waals surface area contributed by atoms with Crippen LogP contribution in [0.2, 0.25) is 10.0 Å². The number of benzene rings is 2. The first-order chi connectivity index (χ1) is 11.1. The molecule has 1 fully saturated rings. The van der Waals surface area contributed by atoms with Gasteiger partial charge in [-0.25, -0.2) is 4.39 Å². The zero-order valence-corrected chi connectivity index (χ0v) is 13.8. The molecule has 3 rings (SSSR count). The molecule has 0 unspecified atom stereocenters. The summed E-state index contributed by atoms with van der Waals surface area (Å²) in [7, 11) is 0. The van der Waals surface area contributed by atoms with Crippen molar-refractivity contribution in [2.45, 2.75) is 0 Å². The molecule has 1 saturated heterocycles. The molecule has 6 heteroatoms. The zero-order chi connectivity index (χ0) is 16.2. The van der Waals surface area contributed by atoms with Crippen LogP contribution in [0, 0.1) is 5.82 Å². The van der Waals surface area contributed by atoms with Crippen molar-refractivity contribution in [1.82, 2.24) is 0 Å². The van der Waals surface area contributed by atoms with Crippen molar-refractivity contribution in [3.63, 3.8) is 0 Å². The highest BCUT2D eigenvalue weighted by Crippen LogP contribution is 2.31. The number of nitrogens with zero attached hydrogens (tertiary/aromatic N) is 2. The average molecular weight is 353 g/mol. The van der Waals surface area contributed by atoms with Crippen molar-refractivity contribution < 1.29 is 9.13 Å². The first-order valence-electron chi connectivity index (χ1n) is 7.25. The average Bonchev–Trinajstić information content (AvgIpc) is 2.57. The fraction of sp³-hybridized carbons (Fsp3) is 0.235. The topological polar surface area (TPSA) is 24.8 Å². The number of rotatable bonds is 3. The van der Waals surface area contributed by atoms with Gasteiger partial charge in [-0.2, -0.15) is 0 Å². The number of ether oxygens (including phenoxy) is 1. The van der Waals surface area contributed by atoms with E-state index in [2.05, 4.69) is 4.99 Å². The molecule has 0 atom stereocenters. The lowest BCUT2D eigenvalue weighted by Crippen LogP contribution is -2.36. The second-order valence-corrected chi connectivity index (χ2v) is 5.93.